The van der Waals surface area contributed by atoms with Gasteiger partial charge < -0.3 is 15.1 Å². The maximum absolute atomic E-state index is 11.7. The molecule has 1 unspecified atom stereocenters. The molecule has 0 aliphatic heterocycles. The van der Waals surface area contributed by atoms with Crippen LogP contribution in [0, 0.1) is 11.8 Å². The van der Waals surface area contributed by atoms with Gasteiger partial charge in [0.2, 0.25) is 0 Å². The number of hydroxylamine groups is 1. The number of carboxylic acid groups (broad SMARTS) is 2. The fourth-order valence-corrected chi connectivity index (χ4v) is 2.27. The summed E-state index contributed by atoms with van der Waals surface area (Å²) in [6.45, 7) is 3.67. The molecule has 0 fully saturated rings. The van der Waals surface area contributed by atoms with E-state index >= 15 is 0 Å². The molecule has 3 N–H and O–H groups in total. The van der Waals surface area contributed by atoms with Gasteiger partial charge >= 0.3 is 17.9 Å². The second-order valence-corrected chi connectivity index (χ2v) is 6.38. The van der Waals surface area contributed by atoms with Crippen molar-refractivity contribution >= 4 is 23.8 Å². The van der Waals surface area contributed by atoms with E-state index in [1.165, 1.54) is 12.1 Å². The van der Waals surface area contributed by atoms with Crippen molar-refractivity contribution in [2.24, 2.45) is 11.8 Å². The fraction of sp³-hybridized carbons (Fsp3) is 0.444. The Balaban J connectivity index is 2.54. The molecule has 0 spiro atoms. The van der Waals surface area contributed by atoms with E-state index in [1.54, 1.807) is 12.1 Å². The van der Waals surface area contributed by atoms with Crippen LogP contribution in [0.4, 0.5) is 0 Å². The second-order valence-electron chi connectivity index (χ2n) is 6.38. The normalized spacial score (nSPS) is 11.7. The van der Waals surface area contributed by atoms with Gasteiger partial charge in [0.15, 0.2) is 0 Å². The predicted octanol–water partition coefficient (Wildman–Crippen LogP) is 2.03. The number of carboxylic acids is 2. The summed E-state index contributed by atoms with van der Waals surface area (Å²) in [7, 11) is 0. The Morgan fingerprint density at radius 1 is 1.15 bits per heavy atom. The second kappa shape index (κ2) is 10.2. The lowest BCUT2D eigenvalue weighted by Gasteiger charge is -2.13. The lowest BCUT2D eigenvalue weighted by molar-refractivity contribution is -0.159. The number of rotatable bonds is 9. The number of carbonyl (C=O) groups excluding carboxylic acids is 2. The molecule has 1 aromatic rings. The largest absolute Gasteiger partial charge is 0.481 e. The molecule has 8 heteroatoms. The number of aliphatic carboxylic acids is 1. The van der Waals surface area contributed by atoms with Crippen molar-refractivity contribution in [2.75, 3.05) is 0 Å². The van der Waals surface area contributed by atoms with E-state index in [0.29, 0.717) is 5.56 Å². The number of benzene rings is 1. The van der Waals surface area contributed by atoms with Gasteiger partial charge in [-0.3, -0.25) is 9.59 Å². The van der Waals surface area contributed by atoms with Crippen LogP contribution in [0.15, 0.2) is 24.3 Å². The Bertz CT molecular complexity index is 669. The summed E-state index contributed by atoms with van der Waals surface area (Å²) in [4.78, 5) is 50.0. The van der Waals surface area contributed by atoms with E-state index in [0.717, 1.165) is 0 Å². The molecular weight excluding hydrogens is 342 g/mol. The summed E-state index contributed by atoms with van der Waals surface area (Å²) in [5.41, 5.74) is 2.64. The number of carbonyl (C=O) groups is 4. The summed E-state index contributed by atoms with van der Waals surface area (Å²) < 4.78 is 0. The molecule has 0 aromatic heterocycles. The number of hydrogen-bond donors (Lipinski definition) is 3. The highest BCUT2D eigenvalue weighted by Crippen LogP contribution is 2.16. The first kappa shape index (κ1) is 21.1. The number of hydrogen-bond acceptors (Lipinski definition) is 5. The minimum Gasteiger partial charge on any atom is -0.481 e. The SMILES string of the molecule is CC(C)CC(=O)ONC(=O)CCC(Cc1cccc(C(=O)O)c1)C(=O)O. The van der Waals surface area contributed by atoms with E-state index in [1.807, 2.05) is 19.3 Å². The average molecular weight is 365 g/mol. The van der Waals surface area contributed by atoms with Crippen molar-refractivity contribution in [3.63, 3.8) is 0 Å². The highest BCUT2D eigenvalue weighted by atomic mass is 16.7. The zero-order chi connectivity index (χ0) is 19.7. The monoisotopic (exact) mass is 365 g/mol. The van der Waals surface area contributed by atoms with Gasteiger partial charge in [0.1, 0.15) is 0 Å². The Kier molecular flexibility index (Phi) is 8.27. The number of aromatic carboxylic acids is 1. The maximum Gasteiger partial charge on any atom is 0.335 e. The van der Waals surface area contributed by atoms with E-state index < -0.39 is 29.7 Å². The number of amides is 1. The molecule has 26 heavy (non-hydrogen) atoms. The molecule has 8 nitrogen and oxygen atoms in total. The van der Waals surface area contributed by atoms with Crippen molar-refractivity contribution in [2.45, 2.75) is 39.5 Å². The van der Waals surface area contributed by atoms with Crippen molar-refractivity contribution in [1.82, 2.24) is 5.48 Å². The Morgan fingerprint density at radius 3 is 2.42 bits per heavy atom. The summed E-state index contributed by atoms with van der Waals surface area (Å²) in [5, 5.41) is 18.3. The predicted molar refractivity (Wildman–Crippen MR) is 91.2 cm³/mol. The van der Waals surface area contributed by atoms with Crippen molar-refractivity contribution in [3.05, 3.63) is 35.4 Å². The molecule has 0 saturated carbocycles. The number of nitrogens with one attached hydrogen (secondary N) is 1. The minimum atomic E-state index is -1.10. The van der Waals surface area contributed by atoms with Gasteiger partial charge in [-0.05, 0) is 36.5 Å². The summed E-state index contributed by atoms with van der Waals surface area (Å²) in [6.07, 6.45) is 0.152. The molecular formula is C18H23NO7. The summed E-state index contributed by atoms with van der Waals surface area (Å²) in [5.74, 6) is -4.11. The van der Waals surface area contributed by atoms with Crippen molar-refractivity contribution in [1.29, 1.82) is 0 Å². The molecule has 0 aliphatic rings. The van der Waals surface area contributed by atoms with E-state index in [2.05, 4.69) is 4.84 Å². The lowest BCUT2D eigenvalue weighted by Crippen LogP contribution is -2.28. The Labute approximate surface area is 151 Å². The van der Waals surface area contributed by atoms with Crippen LogP contribution >= 0.6 is 0 Å². The highest BCUT2D eigenvalue weighted by molar-refractivity contribution is 5.87. The Hall–Kier alpha value is -2.90. The molecule has 0 saturated heterocycles. The lowest BCUT2D eigenvalue weighted by atomic mass is 9.94. The van der Waals surface area contributed by atoms with Crippen molar-refractivity contribution < 1.29 is 34.2 Å². The maximum atomic E-state index is 11.7. The minimum absolute atomic E-state index is 0.0280. The first-order valence-corrected chi connectivity index (χ1v) is 8.22. The van der Waals surface area contributed by atoms with E-state index in [4.69, 9.17) is 5.11 Å². The van der Waals surface area contributed by atoms with Gasteiger partial charge in [0, 0.05) is 6.42 Å². The zero-order valence-corrected chi connectivity index (χ0v) is 14.7. The molecule has 0 aliphatic carbocycles. The van der Waals surface area contributed by atoms with Crippen LogP contribution in [0.2, 0.25) is 0 Å². The molecule has 142 valence electrons. The third-order valence-corrected chi connectivity index (χ3v) is 3.58. The molecule has 1 aromatic carbocycles. The van der Waals surface area contributed by atoms with Gasteiger partial charge in [0.05, 0.1) is 17.9 Å². The van der Waals surface area contributed by atoms with Gasteiger partial charge in [-0.25, -0.2) is 9.59 Å². The van der Waals surface area contributed by atoms with Gasteiger partial charge in [-0.2, -0.15) is 5.48 Å². The average Bonchev–Trinajstić information content (AvgIpc) is 2.56. The highest BCUT2D eigenvalue weighted by Gasteiger charge is 2.20. The molecule has 1 atom stereocenters. The molecule has 0 bridgehead atoms. The topological polar surface area (TPSA) is 130 Å². The molecule has 1 rings (SSSR count). The summed E-state index contributed by atoms with van der Waals surface area (Å²) >= 11 is 0. The van der Waals surface area contributed by atoms with Gasteiger partial charge in [-0.1, -0.05) is 26.0 Å². The van der Waals surface area contributed by atoms with Crippen molar-refractivity contribution in [3.8, 4) is 0 Å². The first-order chi connectivity index (χ1) is 12.2. The van der Waals surface area contributed by atoms with E-state index in [-0.39, 0.29) is 37.2 Å². The van der Waals surface area contributed by atoms with E-state index in [9.17, 15) is 24.3 Å². The van der Waals surface area contributed by atoms with Crippen LogP contribution in [0.25, 0.3) is 0 Å². The van der Waals surface area contributed by atoms with Crippen LogP contribution in [-0.4, -0.2) is 34.0 Å². The van der Waals surface area contributed by atoms with Crippen LogP contribution in [-0.2, 0) is 25.6 Å². The fourth-order valence-electron chi connectivity index (χ4n) is 2.27. The molecule has 0 radical (unpaired) electrons. The molecule has 1 amide bonds. The standard InChI is InChI=1S/C18H23NO7/c1-11(2)8-16(21)26-19-15(20)7-6-14(18(24)25)10-12-4-3-5-13(9-12)17(22)23/h3-5,9,11,14H,6-8,10H2,1-2H3,(H,19,20)(H,22,23)(H,24,25). The van der Waals surface area contributed by atoms with Gasteiger partial charge in [-0.15, -0.1) is 0 Å². The third-order valence-electron chi connectivity index (χ3n) is 3.58. The van der Waals surface area contributed by atoms with Crippen LogP contribution in [0.5, 0.6) is 0 Å². The van der Waals surface area contributed by atoms with Crippen LogP contribution in [0.1, 0.15) is 49.0 Å². The Morgan fingerprint density at radius 2 is 1.85 bits per heavy atom. The zero-order valence-electron chi connectivity index (χ0n) is 14.7. The van der Waals surface area contributed by atoms with Gasteiger partial charge in [0.25, 0.3) is 5.91 Å². The molecule has 0 heterocycles. The van der Waals surface area contributed by atoms with Crippen LogP contribution in [0.3, 0.4) is 0 Å². The quantitative estimate of drug-likeness (QED) is 0.571. The van der Waals surface area contributed by atoms with Crippen LogP contribution < -0.4 is 5.48 Å². The smallest absolute Gasteiger partial charge is 0.335 e. The third kappa shape index (κ3) is 7.78. The first-order valence-electron chi connectivity index (χ1n) is 8.22. The summed E-state index contributed by atoms with van der Waals surface area (Å²) in [6, 6.07) is 6.00.